The molecule has 4 nitrogen and oxygen atoms in total. The average molecular weight is 356 g/mol. The molecule has 0 spiro atoms. The third-order valence-corrected chi connectivity index (χ3v) is 4.44. The van der Waals surface area contributed by atoms with Crippen molar-refractivity contribution in [1.29, 1.82) is 0 Å². The van der Waals surface area contributed by atoms with Crippen LogP contribution in [0.5, 0.6) is 5.75 Å². The molecule has 1 amide bonds. The molecule has 0 atom stereocenters. The molecule has 1 N–H and O–H groups in total. The lowest BCUT2D eigenvalue weighted by atomic mass is 10.1. The Labute approximate surface area is 149 Å². The zero-order valence-corrected chi connectivity index (χ0v) is 14.5. The van der Waals surface area contributed by atoms with Gasteiger partial charge < -0.3 is 4.74 Å². The fourth-order valence-electron chi connectivity index (χ4n) is 2.31. The lowest BCUT2D eigenvalue weighted by Crippen LogP contribution is -2.11. The monoisotopic (exact) mass is 356 g/mol. The standard InChI is InChI=1S/C19H17FN2O2S/c1-2-24-15-9-7-13(8-10-15)18(23)22-19-21-12-16(25-19)11-14-5-3-4-6-17(14)20/h3-10,12H,2,11H2,1H3,(H,21,22,23). The van der Waals surface area contributed by atoms with Crippen LogP contribution in [0.15, 0.2) is 54.7 Å². The van der Waals surface area contributed by atoms with E-state index in [2.05, 4.69) is 10.3 Å². The molecule has 1 aromatic heterocycles. The third kappa shape index (κ3) is 4.42. The van der Waals surface area contributed by atoms with Gasteiger partial charge in [-0.1, -0.05) is 18.2 Å². The van der Waals surface area contributed by atoms with Gasteiger partial charge in [-0.25, -0.2) is 9.37 Å². The van der Waals surface area contributed by atoms with Crippen molar-refractivity contribution in [2.24, 2.45) is 0 Å². The number of rotatable bonds is 6. The minimum atomic E-state index is -0.241. The molecule has 6 heteroatoms. The molecule has 3 aromatic rings. The number of halogens is 1. The molecule has 0 unspecified atom stereocenters. The van der Waals surface area contributed by atoms with Crippen LogP contribution in [0.2, 0.25) is 0 Å². The smallest absolute Gasteiger partial charge is 0.257 e. The zero-order chi connectivity index (χ0) is 17.6. The summed E-state index contributed by atoms with van der Waals surface area (Å²) in [5.41, 5.74) is 1.13. The Morgan fingerprint density at radius 1 is 1.20 bits per heavy atom. The highest BCUT2D eigenvalue weighted by Gasteiger charge is 2.11. The highest BCUT2D eigenvalue weighted by Crippen LogP contribution is 2.23. The number of carbonyl (C=O) groups excluding carboxylic acids is 1. The summed E-state index contributed by atoms with van der Waals surface area (Å²) in [6, 6.07) is 13.6. The molecule has 0 aliphatic rings. The minimum Gasteiger partial charge on any atom is -0.494 e. The second kappa shape index (κ2) is 7.90. The van der Waals surface area contributed by atoms with E-state index in [1.54, 1.807) is 48.7 Å². The first-order chi connectivity index (χ1) is 12.2. The maximum absolute atomic E-state index is 13.7. The van der Waals surface area contributed by atoms with Crippen LogP contribution in [0.4, 0.5) is 9.52 Å². The van der Waals surface area contributed by atoms with Crippen molar-refractivity contribution < 1.29 is 13.9 Å². The number of nitrogens with one attached hydrogen (secondary N) is 1. The number of carbonyl (C=O) groups is 1. The summed E-state index contributed by atoms with van der Waals surface area (Å²) in [5, 5.41) is 3.26. The van der Waals surface area contributed by atoms with Crippen molar-refractivity contribution in [1.82, 2.24) is 4.98 Å². The van der Waals surface area contributed by atoms with E-state index in [1.165, 1.54) is 17.4 Å². The molecular formula is C19H17FN2O2S. The van der Waals surface area contributed by atoms with Gasteiger partial charge in [0.15, 0.2) is 5.13 Å². The number of hydrogen-bond acceptors (Lipinski definition) is 4. The number of anilines is 1. The fourth-order valence-corrected chi connectivity index (χ4v) is 3.15. The molecule has 3 rings (SSSR count). The van der Waals surface area contributed by atoms with Gasteiger partial charge in [0, 0.05) is 23.1 Å². The molecule has 2 aromatic carbocycles. The van der Waals surface area contributed by atoms with Gasteiger partial charge in [0.05, 0.1) is 6.61 Å². The van der Waals surface area contributed by atoms with Gasteiger partial charge in [0.2, 0.25) is 0 Å². The SMILES string of the molecule is CCOc1ccc(C(=O)Nc2ncc(Cc3ccccc3F)s2)cc1. The summed E-state index contributed by atoms with van der Waals surface area (Å²) >= 11 is 1.34. The molecule has 0 radical (unpaired) electrons. The van der Waals surface area contributed by atoms with Crippen molar-refractivity contribution in [3.05, 3.63) is 76.5 Å². The number of benzene rings is 2. The van der Waals surface area contributed by atoms with Crippen molar-refractivity contribution in [3.63, 3.8) is 0 Å². The summed E-state index contributed by atoms with van der Waals surface area (Å²) in [5.74, 6) is 0.242. The van der Waals surface area contributed by atoms with Crippen LogP contribution in [0, 0.1) is 5.82 Å². The van der Waals surface area contributed by atoms with Crippen LogP contribution < -0.4 is 10.1 Å². The summed E-state index contributed by atoms with van der Waals surface area (Å²) in [7, 11) is 0. The van der Waals surface area contributed by atoms with Crippen molar-refractivity contribution in [2.75, 3.05) is 11.9 Å². The minimum absolute atomic E-state index is 0.240. The van der Waals surface area contributed by atoms with Gasteiger partial charge >= 0.3 is 0 Å². The molecule has 128 valence electrons. The maximum Gasteiger partial charge on any atom is 0.257 e. The Hall–Kier alpha value is -2.73. The van der Waals surface area contributed by atoms with Crippen LogP contribution in [0.3, 0.4) is 0 Å². The van der Waals surface area contributed by atoms with Crippen molar-refractivity contribution in [3.8, 4) is 5.75 Å². The molecule has 0 fully saturated rings. The summed E-state index contributed by atoms with van der Waals surface area (Å²) < 4.78 is 19.1. The van der Waals surface area contributed by atoms with Crippen LogP contribution in [-0.2, 0) is 6.42 Å². The van der Waals surface area contributed by atoms with E-state index in [9.17, 15) is 9.18 Å². The highest BCUT2D eigenvalue weighted by molar-refractivity contribution is 7.15. The number of hydrogen-bond donors (Lipinski definition) is 1. The van der Waals surface area contributed by atoms with Gasteiger partial charge in [-0.15, -0.1) is 11.3 Å². The van der Waals surface area contributed by atoms with E-state index >= 15 is 0 Å². The second-order valence-corrected chi connectivity index (χ2v) is 6.43. The van der Waals surface area contributed by atoms with Crippen LogP contribution >= 0.6 is 11.3 Å². The quantitative estimate of drug-likeness (QED) is 0.706. The molecule has 1 heterocycles. The lowest BCUT2D eigenvalue weighted by molar-refractivity contribution is 0.102. The average Bonchev–Trinajstić information content (AvgIpc) is 3.05. The van der Waals surface area contributed by atoms with E-state index in [4.69, 9.17) is 4.74 Å². The van der Waals surface area contributed by atoms with Crippen molar-refractivity contribution >= 4 is 22.4 Å². The lowest BCUT2D eigenvalue weighted by Gasteiger charge is -2.04. The third-order valence-electron chi connectivity index (χ3n) is 3.52. The van der Waals surface area contributed by atoms with Crippen LogP contribution in [0.25, 0.3) is 0 Å². The van der Waals surface area contributed by atoms with E-state index < -0.39 is 0 Å². The fraction of sp³-hybridized carbons (Fsp3) is 0.158. The highest BCUT2D eigenvalue weighted by atomic mass is 32.1. The maximum atomic E-state index is 13.7. The first-order valence-corrected chi connectivity index (χ1v) is 8.69. The second-order valence-electron chi connectivity index (χ2n) is 5.31. The van der Waals surface area contributed by atoms with Gasteiger partial charge in [-0.05, 0) is 42.8 Å². The van der Waals surface area contributed by atoms with E-state index in [1.807, 2.05) is 6.92 Å². The summed E-state index contributed by atoms with van der Waals surface area (Å²) in [4.78, 5) is 17.3. The molecule has 0 saturated carbocycles. The van der Waals surface area contributed by atoms with Crippen molar-refractivity contribution in [2.45, 2.75) is 13.3 Å². The summed E-state index contributed by atoms with van der Waals surface area (Å²) in [6.07, 6.45) is 2.11. The Bertz CT molecular complexity index is 862. The molecule has 0 aliphatic heterocycles. The Morgan fingerprint density at radius 3 is 2.68 bits per heavy atom. The zero-order valence-electron chi connectivity index (χ0n) is 13.7. The van der Waals surface area contributed by atoms with E-state index in [0.717, 1.165) is 10.6 Å². The molecule has 0 saturated heterocycles. The first-order valence-electron chi connectivity index (χ1n) is 7.88. The molecule has 25 heavy (non-hydrogen) atoms. The normalized spacial score (nSPS) is 10.5. The largest absolute Gasteiger partial charge is 0.494 e. The van der Waals surface area contributed by atoms with Gasteiger partial charge in [-0.3, -0.25) is 10.1 Å². The van der Waals surface area contributed by atoms with Crippen LogP contribution in [-0.4, -0.2) is 17.5 Å². The number of ether oxygens (including phenoxy) is 1. The summed E-state index contributed by atoms with van der Waals surface area (Å²) in [6.45, 7) is 2.48. The Kier molecular flexibility index (Phi) is 5.40. The van der Waals surface area contributed by atoms with Gasteiger partial charge in [0.1, 0.15) is 11.6 Å². The predicted molar refractivity (Wildman–Crippen MR) is 96.9 cm³/mol. The topological polar surface area (TPSA) is 51.2 Å². The molecule has 0 bridgehead atoms. The molecule has 0 aliphatic carbocycles. The van der Waals surface area contributed by atoms with Gasteiger partial charge in [-0.2, -0.15) is 0 Å². The Balaban J connectivity index is 1.64. The van der Waals surface area contributed by atoms with Crippen LogP contribution in [0.1, 0.15) is 27.7 Å². The molecular weight excluding hydrogens is 339 g/mol. The van der Waals surface area contributed by atoms with E-state index in [0.29, 0.717) is 29.3 Å². The predicted octanol–water partition coefficient (Wildman–Crippen LogP) is 4.52. The Morgan fingerprint density at radius 2 is 1.96 bits per heavy atom. The number of amides is 1. The first kappa shape index (κ1) is 17.1. The number of nitrogens with zero attached hydrogens (tertiary/aromatic N) is 1. The van der Waals surface area contributed by atoms with E-state index in [-0.39, 0.29) is 11.7 Å². The number of aromatic nitrogens is 1. The van der Waals surface area contributed by atoms with Gasteiger partial charge in [0.25, 0.3) is 5.91 Å². The number of thiazole rings is 1.